The SMILES string of the molecule is NC1(c2ccc(S)cc2)CCC1. The van der Waals surface area contributed by atoms with Crippen LogP contribution >= 0.6 is 12.6 Å². The average molecular weight is 179 g/mol. The topological polar surface area (TPSA) is 26.0 Å². The third-order valence-corrected chi connectivity index (χ3v) is 2.99. The van der Waals surface area contributed by atoms with Crippen molar-refractivity contribution < 1.29 is 0 Å². The maximum absolute atomic E-state index is 6.15. The number of nitrogens with two attached hydrogens (primary N) is 1. The first-order valence-electron chi connectivity index (χ1n) is 4.29. The molecule has 0 aliphatic heterocycles. The van der Waals surface area contributed by atoms with Crippen molar-refractivity contribution in [2.45, 2.75) is 29.7 Å². The van der Waals surface area contributed by atoms with Crippen molar-refractivity contribution in [2.24, 2.45) is 5.73 Å². The molecule has 1 aliphatic carbocycles. The van der Waals surface area contributed by atoms with Gasteiger partial charge in [-0.1, -0.05) is 12.1 Å². The summed E-state index contributed by atoms with van der Waals surface area (Å²) < 4.78 is 0. The predicted octanol–water partition coefficient (Wildman–Crippen LogP) is 2.31. The molecule has 0 unspecified atom stereocenters. The second-order valence-electron chi connectivity index (χ2n) is 3.56. The quantitative estimate of drug-likeness (QED) is 0.636. The van der Waals surface area contributed by atoms with Crippen LogP contribution in [0.2, 0.25) is 0 Å². The molecule has 1 aliphatic rings. The minimum absolute atomic E-state index is 0.0263. The molecule has 1 aromatic carbocycles. The van der Waals surface area contributed by atoms with Gasteiger partial charge in [0.05, 0.1) is 0 Å². The van der Waals surface area contributed by atoms with E-state index in [4.69, 9.17) is 5.73 Å². The van der Waals surface area contributed by atoms with Crippen LogP contribution in [0.4, 0.5) is 0 Å². The molecule has 12 heavy (non-hydrogen) atoms. The Kier molecular flexibility index (Phi) is 1.89. The minimum atomic E-state index is -0.0263. The molecule has 0 bridgehead atoms. The van der Waals surface area contributed by atoms with Gasteiger partial charge in [0.25, 0.3) is 0 Å². The van der Waals surface area contributed by atoms with Crippen molar-refractivity contribution >= 4 is 12.6 Å². The second kappa shape index (κ2) is 2.79. The molecule has 1 fully saturated rings. The van der Waals surface area contributed by atoms with Crippen molar-refractivity contribution in [3.05, 3.63) is 29.8 Å². The van der Waals surface area contributed by atoms with E-state index in [1.54, 1.807) is 0 Å². The van der Waals surface area contributed by atoms with Gasteiger partial charge in [0, 0.05) is 10.4 Å². The highest BCUT2D eigenvalue weighted by atomic mass is 32.1. The lowest BCUT2D eigenvalue weighted by atomic mass is 9.73. The van der Waals surface area contributed by atoms with E-state index in [0.29, 0.717) is 0 Å². The van der Waals surface area contributed by atoms with Crippen LogP contribution in [0.25, 0.3) is 0 Å². The number of hydrogen-bond donors (Lipinski definition) is 2. The lowest BCUT2D eigenvalue weighted by Gasteiger charge is -2.38. The largest absolute Gasteiger partial charge is 0.321 e. The maximum Gasteiger partial charge on any atom is 0.0409 e. The molecule has 0 saturated heterocycles. The molecule has 0 spiro atoms. The van der Waals surface area contributed by atoms with Crippen LogP contribution in [0.5, 0.6) is 0 Å². The molecule has 1 nitrogen and oxygen atoms in total. The van der Waals surface area contributed by atoms with E-state index in [0.717, 1.165) is 17.7 Å². The van der Waals surface area contributed by atoms with Crippen molar-refractivity contribution in [1.29, 1.82) is 0 Å². The molecule has 2 heteroatoms. The fourth-order valence-electron chi connectivity index (χ4n) is 1.64. The second-order valence-corrected chi connectivity index (χ2v) is 4.07. The summed E-state index contributed by atoms with van der Waals surface area (Å²) in [7, 11) is 0. The van der Waals surface area contributed by atoms with Crippen LogP contribution in [0.15, 0.2) is 29.2 Å². The molecular formula is C10H13NS. The van der Waals surface area contributed by atoms with Gasteiger partial charge in [-0.25, -0.2) is 0 Å². The zero-order valence-electron chi connectivity index (χ0n) is 6.96. The molecular weight excluding hydrogens is 166 g/mol. The van der Waals surface area contributed by atoms with Gasteiger partial charge in [-0.2, -0.15) is 0 Å². The van der Waals surface area contributed by atoms with Crippen LogP contribution < -0.4 is 5.73 Å². The van der Waals surface area contributed by atoms with E-state index >= 15 is 0 Å². The number of rotatable bonds is 1. The Morgan fingerprint density at radius 1 is 1.17 bits per heavy atom. The van der Waals surface area contributed by atoms with Gasteiger partial charge < -0.3 is 5.73 Å². The Morgan fingerprint density at radius 2 is 1.75 bits per heavy atom. The summed E-state index contributed by atoms with van der Waals surface area (Å²) in [5.74, 6) is 0. The Labute approximate surface area is 78.4 Å². The van der Waals surface area contributed by atoms with Crippen LogP contribution in [-0.2, 0) is 5.54 Å². The fourth-order valence-corrected chi connectivity index (χ4v) is 1.79. The van der Waals surface area contributed by atoms with Gasteiger partial charge >= 0.3 is 0 Å². The maximum atomic E-state index is 6.15. The Balaban J connectivity index is 2.28. The standard InChI is InChI=1S/C10H13NS/c11-10(6-1-7-10)8-2-4-9(12)5-3-8/h2-5,12H,1,6-7,11H2. The van der Waals surface area contributed by atoms with Crippen molar-refractivity contribution in [3.63, 3.8) is 0 Å². The number of thiol groups is 1. The highest BCUT2D eigenvalue weighted by molar-refractivity contribution is 7.80. The van der Waals surface area contributed by atoms with E-state index < -0.39 is 0 Å². The summed E-state index contributed by atoms with van der Waals surface area (Å²) in [6.45, 7) is 0. The highest BCUT2D eigenvalue weighted by Crippen LogP contribution is 2.38. The molecule has 0 aromatic heterocycles. The number of hydrogen-bond acceptors (Lipinski definition) is 2. The van der Waals surface area contributed by atoms with Gasteiger partial charge in [0.15, 0.2) is 0 Å². The lowest BCUT2D eigenvalue weighted by molar-refractivity contribution is 0.253. The van der Waals surface area contributed by atoms with Gasteiger partial charge in [0.2, 0.25) is 0 Å². The first-order valence-corrected chi connectivity index (χ1v) is 4.74. The summed E-state index contributed by atoms with van der Waals surface area (Å²) in [5, 5.41) is 0. The Bertz CT molecular complexity index is 274. The summed E-state index contributed by atoms with van der Waals surface area (Å²) in [6, 6.07) is 8.18. The molecule has 2 N–H and O–H groups in total. The normalized spacial score (nSPS) is 20.2. The smallest absolute Gasteiger partial charge is 0.0409 e. The number of benzene rings is 1. The Morgan fingerprint density at radius 3 is 2.17 bits per heavy atom. The third-order valence-electron chi connectivity index (χ3n) is 2.69. The van der Waals surface area contributed by atoms with Gasteiger partial charge in [-0.05, 0) is 37.0 Å². The van der Waals surface area contributed by atoms with Crippen molar-refractivity contribution in [1.82, 2.24) is 0 Å². The van der Waals surface area contributed by atoms with Gasteiger partial charge in [-0.15, -0.1) is 12.6 Å². The molecule has 0 amide bonds. The molecule has 1 aromatic rings. The van der Waals surface area contributed by atoms with Crippen LogP contribution in [0.1, 0.15) is 24.8 Å². The third kappa shape index (κ3) is 1.25. The molecule has 0 radical (unpaired) electrons. The average Bonchev–Trinajstić information content (AvgIpc) is 2.02. The highest BCUT2D eigenvalue weighted by Gasteiger charge is 2.33. The van der Waals surface area contributed by atoms with Gasteiger partial charge in [0.1, 0.15) is 0 Å². The van der Waals surface area contributed by atoms with Crippen LogP contribution in [-0.4, -0.2) is 0 Å². The van der Waals surface area contributed by atoms with Crippen LogP contribution in [0, 0.1) is 0 Å². The summed E-state index contributed by atoms with van der Waals surface area (Å²) in [6.07, 6.45) is 3.51. The molecule has 0 heterocycles. The summed E-state index contributed by atoms with van der Waals surface area (Å²) >= 11 is 4.23. The Hall–Kier alpha value is -0.470. The lowest BCUT2D eigenvalue weighted by Crippen LogP contribution is -2.43. The first-order chi connectivity index (χ1) is 5.71. The fraction of sp³-hybridized carbons (Fsp3) is 0.400. The molecule has 64 valence electrons. The molecule has 0 atom stereocenters. The van der Waals surface area contributed by atoms with Gasteiger partial charge in [-0.3, -0.25) is 0 Å². The molecule has 2 rings (SSSR count). The predicted molar refractivity (Wildman–Crippen MR) is 53.4 cm³/mol. The van der Waals surface area contributed by atoms with E-state index in [2.05, 4.69) is 24.8 Å². The van der Waals surface area contributed by atoms with E-state index in [9.17, 15) is 0 Å². The van der Waals surface area contributed by atoms with E-state index in [-0.39, 0.29) is 5.54 Å². The zero-order valence-corrected chi connectivity index (χ0v) is 7.85. The zero-order chi connectivity index (χ0) is 8.60. The van der Waals surface area contributed by atoms with Crippen LogP contribution in [0.3, 0.4) is 0 Å². The van der Waals surface area contributed by atoms with Crippen molar-refractivity contribution in [3.8, 4) is 0 Å². The minimum Gasteiger partial charge on any atom is -0.321 e. The van der Waals surface area contributed by atoms with Crippen molar-refractivity contribution in [2.75, 3.05) is 0 Å². The first kappa shape index (κ1) is 8.14. The van der Waals surface area contributed by atoms with E-state index in [1.807, 2.05) is 12.1 Å². The monoisotopic (exact) mass is 179 g/mol. The summed E-state index contributed by atoms with van der Waals surface area (Å²) in [4.78, 5) is 1.00. The summed E-state index contributed by atoms with van der Waals surface area (Å²) in [5.41, 5.74) is 7.38. The van der Waals surface area contributed by atoms with E-state index in [1.165, 1.54) is 12.0 Å². The molecule has 1 saturated carbocycles.